The average molecular weight is 1010 g/mol. The third-order valence-electron chi connectivity index (χ3n) is 27.7. The molecule has 0 aromatic rings. The summed E-state index contributed by atoms with van der Waals surface area (Å²) >= 11 is 0. The summed E-state index contributed by atoms with van der Waals surface area (Å²) < 4.78 is 18.9. The number of rotatable bonds is 10. The molecule has 9 aliphatic rings. The number of fused-ring (bicyclic) bond motifs is 6. The van der Waals surface area contributed by atoms with Crippen LogP contribution in [0.5, 0.6) is 0 Å². The van der Waals surface area contributed by atoms with Crippen LogP contribution in [0.25, 0.3) is 0 Å². The molecule has 6 saturated carbocycles. The van der Waals surface area contributed by atoms with Crippen molar-refractivity contribution in [2.45, 2.75) is 304 Å². The zero-order chi connectivity index (χ0) is 54.3. The number of carbonyl (C=O) groups is 2. The Morgan fingerprint density at radius 3 is 1.56 bits per heavy atom. The van der Waals surface area contributed by atoms with Gasteiger partial charge < -0.3 is 14.2 Å². The molecular formula is C68H116O5. The molecule has 418 valence electrons. The third kappa shape index (κ3) is 8.52. The summed E-state index contributed by atoms with van der Waals surface area (Å²) in [5, 5.41) is 0. The Kier molecular flexibility index (Phi) is 14.7. The van der Waals surface area contributed by atoms with Crippen LogP contribution >= 0.6 is 0 Å². The highest BCUT2D eigenvalue weighted by Gasteiger charge is 2.90. The summed E-state index contributed by atoms with van der Waals surface area (Å²) in [6, 6.07) is 0. The van der Waals surface area contributed by atoms with Gasteiger partial charge in [0, 0.05) is 24.7 Å². The van der Waals surface area contributed by atoms with Gasteiger partial charge in [-0.15, -0.1) is 0 Å². The monoisotopic (exact) mass is 1010 g/mol. The first-order valence-corrected chi connectivity index (χ1v) is 31.2. The molecule has 5 nitrogen and oxygen atoms in total. The van der Waals surface area contributed by atoms with E-state index in [9.17, 15) is 9.59 Å². The van der Waals surface area contributed by atoms with Crippen LogP contribution in [0.1, 0.15) is 281 Å². The van der Waals surface area contributed by atoms with E-state index in [-0.39, 0.29) is 51.6 Å². The summed E-state index contributed by atoms with van der Waals surface area (Å²) in [6.45, 7) is 52.6. The molecule has 1 heterocycles. The van der Waals surface area contributed by atoms with Gasteiger partial charge in [-0.3, -0.25) is 9.59 Å². The molecule has 0 spiro atoms. The minimum absolute atomic E-state index is 0.00554. The molecule has 8 unspecified atom stereocenters. The number of epoxide rings is 1. The van der Waals surface area contributed by atoms with Crippen LogP contribution in [0.15, 0.2) is 11.1 Å². The Morgan fingerprint density at radius 1 is 0.521 bits per heavy atom. The zero-order valence-corrected chi connectivity index (χ0v) is 52.0. The second kappa shape index (κ2) is 18.6. The first-order chi connectivity index (χ1) is 33.4. The molecule has 5 heteroatoms. The van der Waals surface area contributed by atoms with Gasteiger partial charge >= 0.3 is 11.9 Å². The highest BCUT2D eigenvalue weighted by atomic mass is 16.6. The highest BCUT2D eigenvalue weighted by Crippen LogP contribution is 2.86. The zero-order valence-electron chi connectivity index (χ0n) is 52.0. The Morgan fingerprint density at radius 2 is 1.03 bits per heavy atom. The lowest BCUT2D eigenvalue weighted by molar-refractivity contribution is -0.153. The first kappa shape index (κ1) is 57.8. The number of esters is 2. The van der Waals surface area contributed by atoms with Gasteiger partial charge in [-0.05, 0) is 219 Å². The molecule has 1 aliphatic heterocycles. The van der Waals surface area contributed by atoms with Crippen molar-refractivity contribution in [3.05, 3.63) is 11.1 Å². The van der Waals surface area contributed by atoms with Crippen LogP contribution in [0, 0.1) is 101 Å². The fraction of sp³-hybridized carbons (Fsp3) is 0.941. The lowest BCUT2D eigenvalue weighted by Gasteiger charge is -2.64. The van der Waals surface area contributed by atoms with E-state index in [1.807, 2.05) is 11.1 Å². The molecule has 0 aromatic carbocycles. The number of ether oxygens (including phenoxy) is 3. The van der Waals surface area contributed by atoms with E-state index in [1.165, 1.54) is 103 Å². The van der Waals surface area contributed by atoms with E-state index in [0.29, 0.717) is 49.7 Å². The molecule has 7 fully saturated rings. The quantitative estimate of drug-likeness (QED) is 0.124. The molecule has 0 radical (unpaired) electrons. The maximum absolute atomic E-state index is 11.8. The Bertz CT molecular complexity index is 2120. The summed E-state index contributed by atoms with van der Waals surface area (Å²) in [6.07, 6.45) is 25.7. The summed E-state index contributed by atoms with van der Waals surface area (Å²) in [7, 11) is 0. The van der Waals surface area contributed by atoms with Gasteiger partial charge in [0.15, 0.2) is 0 Å². The number of hydrogen-bond acceptors (Lipinski definition) is 5. The summed E-state index contributed by atoms with van der Waals surface area (Å²) in [5.74, 6) is 5.76. The minimum Gasteiger partial charge on any atom is -0.462 e. The molecule has 0 N–H and O–H groups in total. The number of hydrogen-bond donors (Lipinski definition) is 0. The first-order valence-electron chi connectivity index (χ1n) is 31.2. The predicted molar refractivity (Wildman–Crippen MR) is 303 cm³/mol. The lowest BCUT2D eigenvalue weighted by atomic mass is 9.37. The molecule has 8 aliphatic carbocycles. The fourth-order valence-electron chi connectivity index (χ4n) is 21.9. The van der Waals surface area contributed by atoms with Gasteiger partial charge in [0.1, 0.15) is 23.4 Å². The normalized spacial score (nSPS) is 45.7. The van der Waals surface area contributed by atoms with Crippen molar-refractivity contribution < 1.29 is 23.8 Å². The number of carbonyl (C=O) groups excluding carboxylic acids is 2. The molecule has 0 bridgehead atoms. The topological polar surface area (TPSA) is 65.1 Å². The second-order valence-corrected chi connectivity index (χ2v) is 33.1. The van der Waals surface area contributed by atoms with Crippen molar-refractivity contribution in [3.63, 3.8) is 0 Å². The predicted octanol–water partition coefficient (Wildman–Crippen LogP) is 18.7. The van der Waals surface area contributed by atoms with Gasteiger partial charge in [-0.2, -0.15) is 0 Å². The summed E-state index contributed by atoms with van der Waals surface area (Å²) in [5.41, 5.74) is 6.92. The number of allylic oxidation sites excluding steroid dienone is 2. The van der Waals surface area contributed by atoms with Crippen LogP contribution in [0.3, 0.4) is 0 Å². The van der Waals surface area contributed by atoms with Crippen molar-refractivity contribution in [1.29, 1.82) is 0 Å². The standard InChI is InChI=1S/C34H58O3.C34H58O2/c1-22(12-13-27(28(4,5)6)36-24(3)35)25-15-18-32(11)30(25,9)20-21-33-31(10)17-14-23(2)29(7,8)26(31)16-19-34(32,33)37-33;1-22(12-15-29(30(4,5)6)36-24(3)35)25-17-20-34(11)27-13-14-28-31(7,8)23(2)16-19-32(28,9)26(27)18-21-33(25,34)10/h22-23,25-27H,12-21H2,1-11H3;22-23,25,28-29H,12-21H2,1-11H3/t22?,23-,25?,26-,27?,30+,31-,32+,33?,34?;22?,23-,25?,28-,29?,32+,33+,34-/m00/s1. The molecule has 9 rings (SSSR count). The Labute approximate surface area is 450 Å². The van der Waals surface area contributed by atoms with E-state index in [2.05, 4.69) is 138 Å². The van der Waals surface area contributed by atoms with Crippen molar-refractivity contribution in [2.75, 3.05) is 0 Å². The van der Waals surface area contributed by atoms with Gasteiger partial charge in [0.05, 0.1) is 0 Å². The Hall–Kier alpha value is -1.36. The van der Waals surface area contributed by atoms with Crippen molar-refractivity contribution in [3.8, 4) is 0 Å². The minimum atomic E-state index is -0.147. The SMILES string of the molecule is CC(=O)OC(CCC(C)C1CC[C@@]2(C)C34CC[C@H]5C(C)(C)[C@@H](C)CC[C@]5(C)C3(CC[C@]12C)O4)C(C)(C)C.CC(=O)OC(CCC(C)C1CC[C@@]2(C)C3=C(CC[C@]12C)[C@@]1(C)CC[C@H](C)C(C)(C)[C@@H]1CC3)C(C)(C)C. The maximum atomic E-state index is 11.8. The third-order valence-corrected chi connectivity index (χ3v) is 27.7. The van der Waals surface area contributed by atoms with Gasteiger partial charge in [-0.1, -0.05) is 150 Å². The molecule has 0 amide bonds. The second-order valence-electron chi connectivity index (χ2n) is 33.1. The highest BCUT2D eigenvalue weighted by molar-refractivity contribution is 5.66. The molecule has 18 atom stereocenters. The van der Waals surface area contributed by atoms with Crippen LogP contribution in [-0.2, 0) is 23.8 Å². The van der Waals surface area contributed by atoms with Crippen LogP contribution in [0.4, 0.5) is 0 Å². The molecule has 0 aromatic heterocycles. The smallest absolute Gasteiger partial charge is 0.302 e. The van der Waals surface area contributed by atoms with Gasteiger partial charge in [0.25, 0.3) is 0 Å². The summed E-state index contributed by atoms with van der Waals surface area (Å²) in [4.78, 5) is 23.6. The van der Waals surface area contributed by atoms with E-state index < -0.39 is 0 Å². The van der Waals surface area contributed by atoms with E-state index in [0.717, 1.165) is 61.2 Å². The maximum Gasteiger partial charge on any atom is 0.302 e. The van der Waals surface area contributed by atoms with E-state index in [4.69, 9.17) is 14.2 Å². The molecular weight excluding hydrogens is 897 g/mol. The van der Waals surface area contributed by atoms with E-state index in [1.54, 1.807) is 13.8 Å². The molecule has 1 saturated heterocycles. The Balaban J connectivity index is 0.000000195. The van der Waals surface area contributed by atoms with Crippen LogP contribution in [0.2, 0.25) is 0 Å². The van der Waals surface area contributed by atoms with Gasteiger partial charge in [0.2, 0.25) is 0 Å². The van der Waals surface area contributed by atoms with Crippen LogP contribution in [-0.4, -0.2) is 35.3 Å². The molecule has 73 heavy (non-hydrogen) atoms. The van der Waals surface area contributed by atoms with Crippen molar-refractivity contribution >= 4 is 11.9 Å². The van der Waals surface area contributed by atoms with Crippen LogP contribution < -0.4 is 0 Å². The van der Waals surface area contributed by atoms with Crippen molar-refractivity contribution in [1.82, 2.24) is 0 Å². The average Bonchev–Trinajstić information content (AvgIpc) is 3.81. The van der Waals surface area contributed by atoms with E-state index >= 15 is 0 Å². The largest absolute Gasteiger partial charge is 0.462 e. The van der Waals surface area contributed by atoms with Gasteiger partial charge in [-0.25, -0.2) is 0 Å². The lowest BCUT2D eigenvalue weighted by Crippen LogP contribution is -2.65. The fourth-order valence-corrected chi connectivity index (χ4v) is 21.9. The van der Waals surface area contributed by atoms with Crippen molar-refractivity contribution in [2.24, 2.45) is 101 Å².